The van der Waals surface area contributed by atoms with Crippen molar-refractivity contribution in [2.24, 2.45) is 0 Å². The highest BCUT2D eigenvalue weighted by Crippen LogP contribution is 2.20. The molecule has 0 unspecified atom stereocenters. The number of hydrogen-bond donors (Lipinski definition) is 1. The van der Waals surface area contributed by atoms with E-state index in [1.54, 1.807) is 18.3 Å². The highest BCUT2D eigenvalue weighted by Gasteiger charge is 2.13. The van der Waals surface area contributed by atoms with Gasteiger partial charge in [-0.1, -0.05) is 18.2 Å². The number of rotatable bonds is 4. The van der Waals surface area contributed by atoms with Crippen LogP contribution in [0.3, 0.4) is 0 Å². The fraction of sp³-hybridized carbons (Fsp3) is 0.0625. The lowest BCUT2D eigenvalue weighted by atomic mass is 10.2. The van der Waals surface area contributed by atoms with Crippen molar-refractivity contribution in [3.63, 3.8) is 0 Å². The summed E-state index contributed by atoms with van der Waals surface area (Å²) in [5, 5.41) is 13.7. The Morgan fingerprint density at radius 2 is 2.00 bits per heavy atom. The summed E-state index contributed by atoms with van der Waals surface area (Å²) in [6.45, 7) is -0.229. The lowest BCUT2D eigenvalue weighted by molar-refractivity contribution is -0.117. The van der Waals surface area contributed by atoms with Crippen LogP contribution in [0.25, 0.3) is 15.9 Å². The van der Waals surface area contributed by atoms with Crippen molar-refractivity contribution in [2.45, 2.75) is 6.54 Å². The molecule has 0 saturated carbocycles. The van der Waals surface area contributed by atoms with E-state index in [4.69, 9.17) is 0 Å². The molecule has 1 amide bonds. The van der Waals surface area contributed by atoms with Crippen LogP contribution in [-0.2, 0) is 11.3 Å². The SMILES string of the molecule is O=C(Cn1nnn(-c2cccs2)c1=O)Nc1cccc2cccnc12. The summed E-state index contributed by atoms with van der Waals surface area (Å²) >= 11 is 1.36. The van der Waals surface area contributed by atoms with Crippen molar-refractivity contribution in [3.05, 3.63) is 64.5 Å². The molecule has 25 heavy (non-hydrogen) atoms. The number of tetrazole rings is 1. The molecule has 3 heterocycles. The van der Waals surface area contributed by atoms with E-state index in [9.17, 15) is 9.59 Å². The van der Waals surface area contributed by atoms with Crippen molar-refractivity contribution >= 4 is 33.8 Å². The van der Waals surface area contributed by atoms with Crippen molar-refractivity contribution in [1.82, 2.24) is 24.8 Å². The molecule has 9 heteroatoms. The lowest BCUT2D eigenvalue weighted by Gasteiger charge is -2.07. The molecule has 124 valence electrons. The number of para-hydroxylation sites is 1. The molecule has 0 aliphatic carbocycles. The summed E-state index contributed by atoms with van der Waals surface area (Å²) in [4.78, 5) is 28.9. The molecule has 0 aliphatic heterocycles. The van der Waals surface area contributed by atoms with E-state index in [1.165, 1.54) is 11.3 Å². The Labute approximate surface area is 145 Å². The molecule has 1 aromatic carbocycles. The summed E-state index contributed by atoms with van der Waals surface area (Å²) in [6.07, 6.45) is 1.66. The Morgan fingerprint density at radius 1 is 1.12 bits per heavy atom. The van der Waals surface area contributed by atoms with Crippen molar-refractivity contribution in [2.75, 3.05) is 5.32 Å². The standard InChI is InChI=1S/C16H12N6O2S/c23-13(18-12-6-1-4-11-5-2-8-17-15(11)12)10-21-16(24)22(20-19-21)14-7-3-9-25-14/h1-9H,10H2,(H,18,23). The predicted octanol–water partition coefficient (Wildman–Crippen LogP) is 1.68. The summed E-state index contributed by atoms with van der Waals surface area (Å²) in [5.41, 5.74) is 0.809. The minimum Gasteiger partial charge on any atom is -0.323 e. The molecule has 0 saturated heterocycles. The van der Waals surface area contributed by atoms with E-state index in [1.807, 2.05) is 35.7 Å². The van der Waals surface area contributed by atoms with Gasteiger partial charge in [0.05, 0.1) is 11.2 Å². The highest BCUT2D eigenvalue weighted by molar-refractivity contribution is 7.12. The second-order valence-electron chi connectivity index (χ2n) is 5.21. The molecule has 0 aliphatic rings. The molecule has 0 bridgehead atoms. The molecule has 8 nitrogen and oxygen atoms in total. The zero-order valence-corrected chi connectivity index (χ0v) is 13.7. The smallest absolute Gasteiger partial charge is 0.323 e. The van der Waals surface area contributed by atoms with Gasteiger partial charge in [0.1, 0.15) is 11.5 Å². The number of anilines is 1. The highest BCUT2D eigenvalue weighted by atomic mass is 32.1. The third-order valence-corrected chi connectivity index (χ3v) is 4.40. The van der Waals surface area contributed by atoms with Gasteiger partial charge in [-0.05, 0) is 40.1 Å². The number of nitrogens with one attached hydrogen (secondary N) is 1. The number of fused-ring (bicyclic) bond motifs is 1. The Hall–Kier alpha value is -3.33. The van der Waals surface area contributed by atoms with E-state index < -0.39 is 5.69 Å². The number of carbonyl (C=O) groups is 1. The van der Waals surface area contributed by atoms with Crippen LogP contribution in [0.4, 0.5) is 5.69 Å². The normalized spacial score (nSPS) is 10.9. The van der Waals surface area contributed by atoms with E-state index in [-0.39, 0.29) is 12.5 Å². The van der Waals surface area contributed by atoms with Crippen LogP contribution < -0.4 is 11.0 Å². The van der Waals surface area contributed by atoms with Crippen LogP contribution in [0.5, 0.6) is 0 Å². The van der Waals surface area contributed by atoms with Gasteiger partial charge in [0, 0.05) is 11.6 Å². The Bertz CT molecular complexity index is 1090. The molecule has 1 N–H and O–H groups in total. The van der Waals surface area contributed by atoms with Crippen LogP contribution in [0.2, 0.25) is 0 Å². The van der Waals surface area contributed by atoms with Crippen LogP contribution in [-0.4, -0.2) is 30.7 Å². The minimum atomic E-state index is -0.464. The molecule has 0 radical (unpaired) electrons. The van der Waals surface area contributed by atoms with Gasteiger partial charge >= 0.3 is 5.69 Å². The number of benzene rings is 1. The summed E-state index contributed by atoms with van der Waals surface area (Å²) in [7, 11) is 0. The number of amides is 1. The monoisotopic (exact) mass is 352 g/mol. The van der Waals surface area contributed by atoms with Crippen LogP contribution >= 0.6 is 11.3 Å². The lowest BCUT2D eigenvalue weighted by Crippen LogP contribution is -2.29. The Kier molecular flexibility index (Phi) is 3.82. The number of pyridine rings is 1. The van der Waals surface area contributed by atoms with Gasteiger partial charge in [0.25, 0.3) is 0 Å². The van der Waals surface area contributed by atoms with Crippen molar-refractivity contribution in [1.29, 1.82) is 0 Å². The maximum absolute atomic E-state index is 12.3. The molecule has 4 aromatic rings. The topological polar surface area (TPSA) is 94.7 Å². The minimum absolute atomic E-state index is 0.229. The van der Waals surface area contributed by atoms with Gasteiger partial charge in [-0.2, -0.15) is 9.36 Å². The zero-order chi connectivity index (χ0) is 17.2. The molecular formula is C16H12N6O2S. The van der Waals surface area contributed by atoms with Crippen LogP contribution in [0.15, 0.2) is 58.8 Å². The predicted molar refractivity (Wildman–Crippen MR) is 93.9 cm³/mol. The number of hydrogen-bond acceptors (Lipinski definition) is 6. The van der Waals surface area contributed by atoms with Gasteiger partial charge in [0.2, 0.25) is 5.91 Å². The number of nitrogens with zero attached hydrogens (tertiary/aromatic N) is 5. The number of aromatic nitrogens is 5. The van der Waals surface area contributed by atoms with Crippen LogP contribution in [0, 0.1) is 0 Å². The van der Waals surface area contributed by atoms with Crippen molar-refractivity contribution < 1.29 is 4.79 Å². The van der Waals surface area contributed by atoms with E-state index in [0.717, 1.165) is 14.7 Å². The first-order chi connectivity index (χ1) is 12.2. The fourth-order valence-electron chi connectivity index (χ4n) is 2.43. The van der Waals surface area contributed by atoms with E-state index >= 15 is 0 Å². The fourth-order valence-corrected chi connectivity index (χ4v) is 3.10. The van der Waals surface area contributed by atoms with Gasteiger partial charge < -0.3 is 5.32 Å². The van der Waals surface area contributed by atoms with E-state index in [0.29, 0.717) is 16.2 Å². The van der Waals surface area contributed by atoms with Crippen LogP contribution in [0.1, 0.15) is 0 Å². The third-order valence-electron chi connectivity index (χ3n) is 3.55. The largest absolute Gasteiger partial charge is 0.369 e. The molecule has 0 spiro atoms. The molecule has 0 atom stereocenters. The van der Waals surface area contributed by atoms with Gasteiger partial charge in [-0.15, -0.1) is 11.3 Å². The maximum Gasteiger partial charge on any atom is 0.369 e. The summed E-state index contributed by atoms with van der Waals surface area (Å²) in [6, 6.07) is 12.8. The number of thiophene rings is 1. The second-order valence-corrected chi connectivity index (χ2v) is 6.14. The average molecular weight is 352 g/mol. The Balaban J connectivity index is 1.56. The van der Waals surface area contributed by atoms with Gasteiger partial charge in [-0.25, -0.2) is 4.79 Å². The zero-order valence-electron chi connectivity index (χ0n) is 12.9. The maximum atomic E-state index is 12.3. The number of carbonyl (C=O) groups excluding carboxylic acids is 1. The molecule has 4 rings (SSSR count). The van der Waals surface area contributed by atoms with E-state index in [2.05, 4.69) is 20.7 Å². The molecule has 3 aromatic heterocycles. The first-order valence-corrected chi connectivity index (χ1v) is 8.30. The quantitative estimate of drug-likeness (QED) is 0.603. The Morgan fingerprint density at radius 3 is 2.84 bits per heavy atom. The molecule has 0 fully saturated rings. The summed E-state index contributed by atoms with van der Waals surface area (Å²) in [5.74, 6) is -0.376. The van der Waals surface area contributed by atoms with Gasteiger partial charge in [0.15, 0.2) is 0 Å². The first kappa shape index (κ1) is 15.2. The second kappa shape index (κ2) is 6.29. The van der Waals surface area contributed by atoms with Gasteiger partial charge in [-0.3, -0.25) is 9.78 Å². The molecular weight excluding hydrogens is 340 g/mol. The van der Waals surface area contributed by atoms with Crippen molar-refractivity contribution in [3.8, 4) is 5.00 Å². The first-order valence-electron chi connectivity index (χ1n) is 7.43. The summed E-state index contributed by atoms with van der Waals surface area (Å²) < 4.78 is 2.19. The third kappa shape index (κ3) is 2.92. The average Bonchev–Trinajstić information content (AvgIpc) is 3.26.